The average Bonchev–Trinajstić information content (AvgIpc) is 2.53. The number of esters is 1. The molecule has 128 valence electrons. The molecule has 0 saturated heterocycles. The van der Waals surface area contributed by atoms with Crippen LogP contribution < -0.4 is 10.0 Å². The van der Waals surface area contributed by atoms with Crippen LogP contribution >= 0.6 is 0 Å². The lowest BCUT2D eigenvalue weighted by atomic mass is 10.1. The van der Waals surface area contributed by atoms with Crippen LogP contribution in [0.2, 0.25) is 0 Å². The number of carbonyl (C=O) groups is 1. The Bertz CT molecular complexity index is 830. The molecule has 0 saturated carbocycles. The van der Waals surface area contributed by atoms with E-state index in [2.05, 4.69) is 10.0 Å². The van der Waals surface area contributed by atoms with E-state index in [1.54, 1.807) is 24.3 Å². The third-order valence-electron chi connectivity index (χ3n) is 3.39. The SMILES string of the molecule is COC(=O)c1ccc(NCc2ccc(NS(C)(=O)=O)cc2)c(C)c1. The molecule has 2 N–H and O–H groups in total. The number of hydrogen-bond acceptors (Lipinski definition) is 5. The highest BCUT2D eigenvalue weighted by atomic mass is 32.2. The Morgan fingerprint density at radius 1 is 1.12 bits per heavy atom. The molecule has 24 heavy (non-hydrogen) atoms. The van der Waals surface area contributed by atoms with E-state index in [1.807, 2.05) is 25.1 Å². The maximum Gasteiger partial charge on any atom is 0.337 e. The van der Waals surface area contributed by atoms with Gasteiger partial charge in [0.1, 0.15) is 0 Å². The van der Waals surface area contributed by atoms with Crippen molar-refractivity contribution in [2.75, 3.05) is 23.4 Å². The van der Waals surface area contributed by atoms with Crippen LogP contribution in [0.1, 0.15) is 21.5 Å². The van der Waals surface area contributed by atoms with Crippen molar-refractivity contribution in [3.8, 4) is 0 Å². The van der Waals surface area contributed by atoms with Crippen molar-refractivity contribution in [2.24, 2.45) is 0 Å². The molecule has 0 bridgehead atoms. The van der Waals surface area contributed by atoms with Crippen molar-refractivity contribution < 1.29 is 17.9 Å². The van der Waals surface area contributed by atoms with E-state index in [4.69, 9.17) is 4.74 Å². The van der Waals surface area contributed by atoms with Gasteiger partial charge in [0, 0.05) is 17.9 Å². The number of nitrogens with one attached hydrogen (secondary N) is 2. The fourth-order valence-electron chi connectivity index (χ4n) is 2.21. The van der Waals surface area contributed by atoms with Gasteiger partial charge in [0.25, 0.3) is 0 Å². The summed E-state index contributed by atoms with van der Waals surface area (Å²) in [4.78, 5) is 11.5. The maximum absolute atomic E-state index is 11.5. The van der Waals surface area contributed by atoms with E-state index < -0.39 is 10.0 Å². The predicted molar refractivity (Wildman–Crippen MR) is 94.8 cm³/mol. The van der Waals surface area contributed by atoms with Crippen molar-refractivity contribution >= 4 is 27.4 Å². The molecule has 0 unspecified atom stereocenters. The first kappa shape index (κ1) is 17.8. The third kappa shape index (κ3) is 4.99. The molecular formula is C17H20N2O4S. The molecule has 2 rings (SSSR count). The first-order valence-electron chi connectivity index (χ1n) is 7.28. The second-order valence-corrected chi connectivity index (χ2v) is 7.19. The number of aryl methyl sites for hydroxylation is 1. The average molecular weight is 348 g/mol. The van der Waals surface area contributed by atoms with E-state index in [0.717, 1.165) is 23.1 Å². The lowest BCUT2D eigenvalue weighted by Crippen LogP contribution is -2.09. The molecular weight excluding hydrogens is 328 g/mol. The zero-order valence-electron chi connectivity index (χ0n) is 13.8. The molecule has 0 aromatic heterocycles. The fraction of sp³-hybridized carbons (Fsp3) is 0.235. The topological polar surface area (TPSA) is 84.5 Å². The van der Waals surface area contributed by atoms with Gasteiger partial charge in [0.15, 0.2) is 0 Å². The Morgan fingerprint density at radius 3 is 2.33 bits per heavy atom. The molecule has 0 aliphatic carbocycles. The van der Waals surface area contributed by atoms with Crippen molar-refractivity contribution in [1.29, 1.82) is 0 Å². The highest BCUT2D eigenvalue weighted by Gasteiger charge is 2.07. The highest BCUT2D eigenvalue weighted by Crippen LogP contribution is 2.19. The number of carbonyl (C=O) groups excluding carboxylic acids is 1. The lowest BCUT2D eigenvalue weighted by Gasteiger charge is -2.11. The molecule has 0 aliphatic rings. The highest BCUT2D eigenvalue weighted by molar-refractivity contribution is 7.92. The molecule has 0 atom stereocenters. The number of benzene rings is 2. The van der Waals surface area contributed by atoms with Gasteiger partial charge in [-0.3, -0.25) is 4.72 Å². The standard InChI is InChI=1S/C17H20N2O4S/c1-12-10-14(17(20)23-2)6-9-16(12)18-11-13-4-7-15(8-5-13)19-24(3,21)22/h4-10,18-19H,11H2,1-3H3. The summed E-state index contributed by atoms with van der Waals surface area (Å²) in [5.74, 6) is -0.362. The number of hydrogen-bond donors (Lipinski definition) is 2. The van der Waals surface area contributed by atoms with Crippen LogP contribution in [-0.4, -0.2) is 27.8 Å². The van der Waals surface area contributed by atoms with E-state index in [0.29, 0.717) is 17.8 Å². The Kier molecular flexibility index (Phi) is 5.46. The van der Waals surface area contributed by atoms with Gasteiger partial charge in [-0.2, -0.15) is 0 Å². The fourth-order valence-corrected chi connectivity index (χ4v) is 2.77. The quantitative estimate of drug-likeness (QED) is 0.784. The molecule has 6 nitrogen and oxygen atoms in total. The van der Waals surface area contributed by atoms with Gasteiger partial charge in [-0.15, -0.1) is 0 Å². The molecule has 0 radical (unpaired) electrons. The van der Waals surface area contributed by atoms with Crippen LogP contribution in [0.4, 0.5) is 11.4 Å². The summed E-state index contributed by atoms with van der Waals surface area (Å²) < 4.78 is 29.5. The Labute approximate surface area is 141 Å². The summed E-state index contributed by atoms with van der Waals surface area (Å²) in [6.07, 6.45) is 1.11. The predicted octanol–water partition coefficient (Wildman–Crippen LogP) is 2.77. The van der Waals surface area contributed by atoms with Crippen molar-refractivity contribution in [1.82, 2.24) is 0 Å². The molecule has 0 spiro atoms. The minimum atomic E-state index is -3.27. The molecule has 2 aromatic rings. The van der Waals surface area contributed by atoms with Crippen LogP contribution in [-0.2, 0) is 21.3 Å². The van der Waals surface area contributed by atoms with Gasteiger partial charge in [-0.05, 0) is 48.4 Å². The summed E-state index contributed by atoms with van der Waals surface area (Å²) in [7, 11) is -1.91. The smallest absolute Gasteiger partial charge is 0.337 e. The number of ether oxygens (including phenoxy) is 1. The van der Waals surface area contributed by atoms with Crippen LogP contribution in [0.5, 0.6) is 0 Å². The lowest BCUT2D eigenvalue weighted by molar-refractivity contribution is 0.0600. The molecule has 0 amide bonds. The minimum absolute atomic E-state index is 0.362. The second kappa shape index (κ2) is 7.35. The molecule has 0 aliphatic heterocycles. The van der Waals surface area contributed by atoms with Gasteiger partial charge in [-0.1, -0.05) is 12.1 Å². The van der Waals surface area contributed by atoms with Crippen molar-refractivity contribution in [3.63, 3.8) is 0 Å². The minimum Gasteiger partial charge on any atom is -0.465 e. The number of sulfonamides is 1. The second-order valence-electron chi connectivity index (χ2n) is 5.45. The van der Waals surface area contributed by atoms with Gasteiger partial charge >= 0.3 is 5.97 Å². The van der Waals surface area contributed by atoms with Crippen LogP contribution in [0.15, 0.2) is 42.5 Å². The monoisotopic (exact) mass is 348 g/mol. The first-order valence-corrected chi connectivity index (χ1v) is 9.17. The number of methoxy groups -OCH3 is 1. The largest absolute Gasteiger partial charge is 0.465 e. The summed E-state index contributed by atoms with van der Waals surface area (Å²) in [5, 5.41) is 3.29. The Balaban J connectivity index is 2.02. The van der Waals surface area contributed by atoms with E-state index in [9.17, 15) is 13.2 Å². The van der Waals surface area contributed by atoms with Crippen LogP contribution in [0.3, 0.4) is 0 Å². The third-order valence-corrected chi connectivity index (χ3v) is 3.99. The summed E-state index contributed by atoms with van der Waals surface area (Å²) in [5.41, 5.74) is 3.90. The zero-order valence-corrected chi connectivity index (χ0v) is 14.6. The molecule has 0 heterocycles. The molecule has 2 aromatic carbocycles. The van der Waals surface area contributed by atoms with Gasteiger partial charge in [-0.25, -0.2) is 13.2 Å². The maximum atomic E-state index is 11.5. The summed E-state index contributed by atoms with van der Waals surface area (Å²) in [6, 6.07) is 12.4. The van der Waals surface area contributed by atoms with Gasteiger partial charge < -0.3 is 10.1 Å². The Morgan fingerprint density at radius 2 is 1.79 bits per heavy atom. The van der Waals surface area contributed by atoms with E-state index in [-0.39, 0.29) is 5.97 Å². The van der Waals surface area contributed by atoms with E-state index >= 15 is 0 Å². The van der Waals surface area contributed by atoms with Gasteiger partial charge in [0.2, 0.25) is 10.0 Å². The summed E-state index contributed by atoms with van der Waals surface area (Å²) in [6.45, 7) is 2.49. The van der Waals surface area contributed by atoms with Crippen molar-refractivity contribution in [2.45, 2.75) is 13.5 Å². The van der Waals surface area contributed by atoms with Crippen LogP contribution in [0, 0.1) is 6.92 Å². The first-order chi connectivity index (χ1) is 11.3. The zero-order chi connectivity index (χ0) is 17.7. The van der Waals surface area contributed by atoms with Gasteiger partial charge in [0.05, 0.1) is 18.9 Å². The number of anilines is 2. The molecule has 7 heteroatoms. The summed E-state index contributed by atoms with van der Waals surface area (Å²) >= 11 is 0. The Hall–Kier alpha value is -2.54. The van der Waals surface area contributed by atoms with E-state index in [1.165, 1.54) is 7.11 Å². The molecule has 0 fully saturated rings. The van der Waals surface area contributed by atoms with Crippen molar-refractivity contribution in [3.05, 3.63) is 59.2 Å². The number of rotatable bonds is 6. The van der Waals surface area contributed by atoms with Crippen LogP contribution in [0.25, 0.3) is 0 Å². The normalized spacial score (nSPS) is 11.0.